The zero-order valence-corrected chi connectivity index (χ0v) is 12.4. The highest BCUT2D eigenvalue weighted by atomic mass is 16.3. The van der Waals surface area contributed by atoms with E-state index in [1.165, 1.54) is 63.4 Å². The van der Waals surface area contributed by atoms with Gasteiger partial charge in [0, 0.05) is 18.2 Å². The second-order valence-electron chi connectivity index (χ2n) is 5.71. The third-order valence-corrected chi connectivity index (χ3v) is 3.75. The number of nitrogens with one attached hydrogen (secondary N) is 1. The highest BCUT2D eigenvalue weighted by Gasteiger charge is 1.99. The number of aromatic amines is 1. The zero-order chi connectivity index (χ0) is 13.8. The number of aliphatic hydroxyl groups is 1. The normalized spacial score (nSPS) is 12.5. The first-order chi connectivity index (χ1) is 9.33. The van der Waals surface area contributed by atoms with Crippen LogP contribution in [0.15, 0.2) is 24.5 Å². The van der Waals surface area contributed by atoms with Crippen LogP contribution in [0.3, 0.4) is 0 Å². The molecule has 0 amide bonds. The molecule has 0 radical (unpaired) electrons. The molecule has 2 nitrogen and oxygen atoms in total. The van der Waals surface area contributed by atoms with Gasteiger partial charge in [0.25, 0.3) is 0 Å². The second-order valence-corrected chi connectivity index (χ2v) is 5.71. The fourth-order valence-corrected chi connectivity index (χ4v) is 2.38. The summed E-state index contributed by atoms with van der Waals surface area (Å²) in [6, 6.07) is 4.27. The Labute approximate surface area is 118 Å². The van der Waals surface area contributed by atoms with Crippen LogP contribution in [0.4, 0.5) is 0 Å². The van der Waals surface area contributed by atoms with Gasteiger partial charge in [-0.25, -0.2) is 4.98 Å². The van der Waals surface area contributed by atoms with Gasteiger partial charge in [-0.3, -0.25) is 0 Å². The minimum Gasteiger partial charge on any atom is -0.396 e. The third kappa shape index (κ3) is 8.77. The SMILES string of the molecule is C[C@H](CO)CCCCCCCCCc1ccc[nH+]c1. The van der Waals surface area contributed by atoms with Crippen molar-refractivity contribution in [1.29, 1.82) is 0 Å². The number of rotatable bonds is 11. The predicted octanol–water partition coefficient (Wildman–Crippen LogP) is 3.79. The Hall–Kier alpha value is -0.890. The van der Waals surface area contributed by atoms with Crippen molar-refractivity contribution in [3.8, 4) is 0 Å². The molecule has 1 aromatic heterocycles. The predicted molar refractivity (Wildman–Crippen MR) is 79.9 cm³/mol. The van der Waals surface area contributed by atoms with Crippen molar-refractivity contribution in [3.05, 3.63) is 30.1 Å². The maximum Gasteiger partial charge on any atom is 0.170 e. The summed E-state index contributed by atoms with van der Waals surface area (Å²) in [5, 5.41) is 8.93. The molecule has 2 N–H and O–H groups in total. The van der Waals surface area contributed by atoms with E-state index in [-0.39, 0.29) is 0 Å². The monoisotopic (exact) mass is 264 g/mol. The van der Waals surface area contributed by atoms with Gasteiger partial charge in [0.05, 0.1) is 0 Å². The Balaban J connectivity index is 1.84. The van der Waals surface area contributed by atoms with E-state index >= 15 is 0 Å². The summed E-state index contributed by atoms with van der Waals surface area (Å²) in [7, 11) is 0. The molecule has 0 aliphatic carbocycles. The summed E-state index contributed by atoms with van der Waals surface area (Å²) in [6.07, 6.45) is 15.8. The van der Waals surface area contributed by atoms with Crippen molar-refractivity contribution in [2.45, 2.75) is 64.7 Å². The van der Waals surface area contributed by atoms with Crippen LogP contribution in [0.5, 0.6) is 0 Å². The maximum atomic E-state index is 8.93. The molecule has 0 aliphatic rings. The van der Waals surface area contributed by atoms with E-state index in [1.54, 1.807) is 0 Å². The van der Waals surface area contributed by atoms with Crippen LogP contribution in [-0.2, 0) is 6.42 Å². The van der Waals surface area contributed by atoms with Crippen molar-refractivity contribution in [1.82, 2.24) is 0 Å². The van der Waals surface area contributed by atoms with Crippen LogP contribution in [-0.4, -0.2) is 11.7 Å². The van der Waals surface area contributed by atoms with Gasteiger partial charge < -0.3 is 5.11 Å². The molecule has 19 heavy (non-hydrogen) atoms. The first kappa shape index (κ1) is 16.2. The number of hydrogen-bond acceptors (Lipinski definition) is 1. The van der Waals surface area contributed by atoms with Crippen molar-refractivity contribution >= 4 is 0 Å². The van der Waals surface area contributed by atoms with Gasteiger partial charge in [0.1, 0.15) is 0 Å². The molecule has 0 bridgehead atoms. The summed E-state index contributed by atoms with van der Waals surface area (Å²) in [5.74, 6) is 0.489. The summed E-state index contributed by atoms with van der Waals surface area (Å²) in [5.41, 5.74) is 1.42. The summed E-state index contributed by atoms with van der Waals surface area (Å²) >= 11 is 0. The van der Waals surface area contributed by atoms with Crippen LogP contribution in [0.2, 0.25) is 0 Å². The number of H-pyrrole nitrogens is 1. The molecule has 0 spiro atoms. The van der Waals surface area contributed by atoms with Crippen molar-refractivity contribution in [3.63, 3.8) is 0 Å². The third-order valence-electron chi connectivity index (χ3n) is 3.75. The molecule has 108 valence electrons. The molecule has 0 saturated carbocycles. The summed E-state index contributed by atoms with van der Waals surface area (Å²) < 4.78 is 0. The molecule has 1 aromatic rings. The first-order valence-corrected chi connectivity index (χ1v) is 7.88. The molecule has 0 aromatic carbocycles. The molecule has 1 atom stereocenters. The lowest BCUT2D eigenvalue weighted by Gasteiger charge is -2.06. The van der Waals surface area contributed by atoms with Gasteiger partial charge >= 0.3 is 0 Å². The number of unbranched alkanes of at least 4 members (excludes halogenated alkanes) is 6. The Morgan fingerprint density at radius 1 is 1.05 bits per heavy atom. The van der Waals surface area contributed by atoms with Gasteiger partial charge in [-0.1, -0.05) is 45.4 Å². The van der Waals surface area contributed by atoms with E-state index in [9.17, 15) is 0 Å². The zero-order valence-electron chi connectivity index (χ0n) is 12.4. The minimum atomic E-state index is 0.344. The Morgan fingerprint density at radius 2 is 1.74 bits per heavy atom. The lowest BCUT2D eigenvalue weighted by atomic mass is 10.0. The lowest BCUT2D eigenvalue weighted by Crippen LogP contribution is -2.00. The molecule has 1 heterocycles. The van der Waals surface area contributed by atoms with E-state index in [0.29, 0.717) is 12.5 Å². The Morgan fingerprint density at radius 3 is 2.37 bits per heavy atom. The van der Waals surface area contributed by atoms with Crippen molar-refractivity contribution in [2.24, 2.45) is 5.92 Å². The van der Waals surface area contributed by atoms with Crippen molar-refractivity contribution < 1.29 is 10.1 Å². The molecule has 1 rings (SSSR count). The smallest absolute Gasteiger partial charge is 0.170 e. The van der Waals surface area contributed by atoms with Crippen molar-refractivity contribution in [2.75, 3.05) is 6.61 Å². The lowest BCUT2D eigenvalue weighted by molar-refractivity contribution is -0.378. The first-order valence-electron chi connectivity index (χ1n) is 7.88. The standard InChI is InChI=1S/C17H29NO/c1-16(15-19)10-7-5-3-2-4-6-8-11-17-12-9-13-18-14-17/h9,12-14,16,19H,2-8,10-11,15H2,1H3/p+1/t16-/m0/s1. The van der Waals surface area contributed by atoms with Crippen LogP contribution in [0.25, 0.3) is 0 Å². The second kappa shape index (κ2) is 11.0. The van der Waals surface area contributed by atoms with E-state index in [1.807, 2.05) is 6.20 Å². The van der Waals surface area contributed by atoms with Crippen LogP contribution in [0.1, 0.15) is 63.9 Å². The number of pyridine rings is 1. The average molecular weight is 264 g/mol. The highest BCUT2D eigenvalue weighted by molar-refractivity contribution is 5.04. The quantitative estimate of drug-likeness (QED) is 0.606. The Bertz CT molecular complexity index is 299. The molecule has 0 aliphatic heterocycles. The van der Waals surface area contributed by atoms with Gasteiger partial charge in [-0.2, -0.15) is 0 Å². The topological polar surface area (TPSA) is 34.4 Å². The molecule has 2 heteroatoms. The Kier molecular flexibility index (Phi) is 9.34. The van der Waals surface area contributed by atoms with Gasteiger partial charge in [0.15, 0.2) is 12.4 Å². The fraction of sp³-hybridized carbons (Fsp3) is 0.706. The largest absolute Gasteiger partial charge is 0.396 e. The molecular formula is C17H30NO+. The number of aromatic nitrogens is 1. The van der Waals surface area contributed by atoms with Gasteiger partial charge in [0.2, 0.25) is 0 Å². The highest BCUT2D eigenvalue weighted by Crippen LogP contribution is 2.13. The molecular weight excluding hydrogens is 234 g/mol. The molecule has 0 unspecified atom stereocenters. The average Bonchev–Trinajstić information content (AvgIpc) is 2.46. The number of aliphatic hydroxyl groups excluding tert-OH is 1. The molecule has 0 saturated heterocycles. The van der Waals surface area contributed by atoms with Gasteiger partial charge in [-0.15, -0.1) is 0 Å². The fourth-order valence-electron chi connectivity index (χ4n) is 2.38. The van der Waals surface area contributed by atoms with E-state index in [0.717, 1.165) is 0 Å². The van der Waals surface area contributed by atoms with E-state index in [4.69, 9.17) is 5.11 Å². The molecule has 0 fully saturated rings. The number of aryl methyl sites for hydroxylation is 1. The van der Waals surface area contributed by atoms with Crippen LogP contribution >= 0.6 is 0 Å². The van der Waals surface area contributed by atoms with E-state index < -0.39 is 0 Å². The van der Waals surface area contributed by atoms with Crippen LogP contribution in [0, 0.1) is 5.92 Å². The van der Waals surface area contributed by atoms with Crippen LogP contribution < -0.4 is 4.98 Å². The summed E-state index contributed by atoms with van der Waals surface area (Å²) in [6.45, 7) is 2.47. The maximum absolute atomic E-state index is 8.93. The summed E-state index contributed by atoms with van der Waals surface area (Å²) in [4.78, 5) is 3.13. The number of hydrogen-bond donors (Lipinski definition) is 1. The van der Waals surface area contributed by atoms with Gasteiger partial charge in [-0.05, 0) is 31.2 Å². The van der Waals surface area contributed by atoms with E-state index in [2.05, 4.69) is 30.2 Å². The minimum absolute atomic E-state index is 0.344.